The van der Waals surface area contributed by atoms with Crippen molar-refractivity contribution in [2.24, 2.45) is 0 Å². The molecule has 7 nitrogen and oxygen atoms in total. The molecule has 1 N–H and O–H groups in total. The first-order chi connectivity index (χ1) is 14.8. The van der Waals surface area contributed by atoms with Crippen molar-refractivity contribution in [3.05, 3.63) is 76.1 Å². The van der Waals surface area contributed by atoms with E-state index in [4.69, 9.17) is 4.74 Å². The molecule has 0 aliphatic heterocycles. The number of esters is 1. The van der Waals surface area contributed by atoms with Crippen LogP contribution < -0.4 is 10.7 Å². The van der Waals surface area contributed by atoms with Gasteiger partial charge in [-0.05, 0) is 38.5 Å². The zero-order valence-corrected chi connectivity index (χ0v) is 18.0. The molecule has 2 aromatic carbocycles. The molecule has 0 bridgehead atoms. The zero-order valence-electron chi connectivity index (χ0n) is 18.0. The number of para-hydroxylation sites is 1. The molecule has 0 saturated heterocycles. The molecular weight excluding hydrogens is 394 g/mol. The summed E-state index contributed by atoms with van der Waals surface area (Å²) in [7, 11) is 0. The van der Waals surface area contributed by atoms with Gasteiger partial charge in [0.1, 0.15) is 0 Å². The second kappa shape index (κ2) is 10.0. The van der Waals surface area contributed by atoms with E-state index >= 15 is 0 Å². The zero-order chi connectivity index (χ0) is 22.4. The molecule has 0 spiro atoms. The maximum atomic E-state index is 12.7. The fraction of sp³-hybridized carbons (Fsp3) is 0.333. The molecule has 3 aromatic rings. The summed E-state index contributed by atoms with van der Waals surface area (Å²) < 4.78 is 6.91. The molecule has 0 fully saturated rings. The van der Waals surface area contributed by atoms with Gasteiger partial charge < -0.3 is 10.1 Å². The summed E-state index contributed by atoms with van der Waals surface area (Å²) in [4.78, 5) is 36.9. The fourth-order valence-corrected chi connectivity index (χ4v) is 3.34. The minimum Gasteiger partial charge on any atom is -0.463 e. The Kier molecular flexibility index (Phi) is 7.18. The summed E-state index contributed by atoms with van der Waals surface area (Å²) in [6, 6.07) is 14.4. The average molecular weight is 421 g/mol. The number of hydrogen-bond acceptors (Lipinski definition) is 5. The van der Waals surface area contributed by atoms with Gasteiger partial charge in [-0.25, -0.2) is 0 Å². The van der Waals surface area contributed by atoms with Gasteiger partial charge in [0.05, 0.1) is 36.8 Å². The van der Waals surface area contributed by atoms with E-state index in [-0.39, 0.29) is 36.3 Å². The standard InChI is InChI=1S/C24H27N3O4/c1-16(2)31-24(30)14-20(18-10-8-17(3)9-11-18)26-23(29)12-13-27-21-7-5-4-6-19(21)22(28)15-25-27/h4-11,15-16,20H,12-14H2,1-3H3,(H,26,29). The second-order valence-corrected chi connectivity index (χ2v) is 7.77. The third kappa shape index (κ3) is 6.01. The number of hydrogen-bond donors (Lipinski definition) is 1. The summed E-state index contributed by atoms with van der Waals surface area (Å²) in [5, 5.41) is 7.66. The van der Waals surface area contributed by atoms with E-state index < -0.39 is 6.04 Å². The summed E-state index contributed by atoms with van der Waals surface area (Å²) in [5.74, 6) is -0.582. The van der Waals surface area contributed by atoms with Crippen molar-refractivity contribution in [3.63, 3.8) is 0 Å². The summed E-state index contributed by atoms with van der Waals surface area (Å²) in [5.41, 5.74) is 2.46. The number of aromatic nitrogens is 2. The lowest BCUT2D eigenvalue weighted by Gasteiger charge is -2.20. The Bertz CT molecular complexity index is 1120. The molecule has 31 heavy (non-hydrogen) atoms. The van der Waals surface area contributed by atoms with Gasteiger partial charge in [0, 0.05) is 11.8 Å². The van der Waals surface area contributed by atoms with Gasteiger partial charge in [0.15, 0.2) is 0 Å². The van der Waals surface area contributed by atoms with Crippen LogP contribution in [0.4, 0.5) is 0 Å². The van der Waals surface area contributed by atoms with Crippen molar-refractivity contribution in [2.45, 2.75) is 52.3 Å². The molecule has 1 amide bonds. The quantitative estimate of drug-likeness (QED) is 0.564. The Labute approximate surface area is 181 Å². The minimum absolute atomic E-state index is 0.0478. The van der Waals surface area contributed by atoms with Gasteiger partial charge in [-0.15, -0.1) is 0 Å². The number of aryl methyl sites for hydroxylation is 2. The van der Waals surface area contributed by atoms with E-state index in [9.17, 15) is 14.4 Å². The number of carbonyl (C=O) groups is 2. The highest BCUT2D eigenvalue weighted by atomic mass is 16.5. The molecular formula is C24H27N3O4. The van der Waals surface area contributed by atoms with Crippen LogP contribution in [0.2, 0.25) is 0 Å². The first-order valence-corrected chi connectivity index (χ1v) is 10.3. The Balaban J connectivity index is 1.71. The number of benzene rings is 2. The van der Waals surface area contributed by atoms with Crippen LogP contribution in [-0.4, -0.2) is 27.8 Å². The highest BCUT2D eigenvalue weighted by Gasteiger charge is 2.20. The van der Waals surface area contributed by atoms with Crippen LogP contribution in [0.1, 0.15) is 43.9 Å². The maximum absolute atomic E-state index is 12.7. The average Bonchev–Trinajstić information content (AvgIpc) is 2.73. The predicted octanol–water partition coefficient (Wildman–Crippen LogP) is 3.29. The highest BCUT2D eigenvalue weighted by Crippen LogP contribution is 2.19. The molecule has 1 aromatic heterocycles. The van der Waals surface area contributed by atoms with Crippen molar-refractivity contribution in [1.29, 1.82) is 0 Å². The lowest BCUT2D eigenvalue weighted by Crippen LogP contribution is -2.32. The van der Waals surface area contributed by atoms with Crippen LogP contribution >= 0.6 is 0 Å². The summed E-state index contributed by atoms with van der Waals surface area (Å²) in [6.45, 7) is 5.87. The van der Waals surface area contributed by atoms with E-state index in [2.05, 4.69) is 10.4 Å². The van der Waals surface area contributed by atoms with Crippen molar-refractivity contribution in [2.75, 3.05) is 0 Å². The molecule has 0 aliphatic carbocycles. The summed E-state index contributed by atoms with van der Waals surface area (Å²) >= 11 is 0. The Morgan fingerprint density at radius 1 is 1.10 bits per heavy atom. The van der Waals surface area contributed by atoms with Crippen molar-refractivity contribution in [3.8, 4) is 0 Å². The number of amides is 1. The number of nitrogens with one attached hydrogen (secondary N) is 1. The Morgan fingerprint density at radius 3 is 2.52 bits per heavy atom. The molecule has 1 atom stereocenters. The van der Waals surface area contributed by atoms with E-state index in [1.807, 2.05) is 37.3 Å². The van der Waals surface area contributed by atoms with E-state index in [1.54, 1.807) is 36.7 Å². The summed E-state index contributed by atoms with van der Waals surface area (Å²) in [6.07, 6.45) is 1.24. The smallest absolute Gasteiger partial charge is 0.308 e. The minimum atomic E-state index is -0.488. The number of nitrogens with zero attached hydrogens (tertiary/aromatic N) is 2. The number of rotatable bonds is 8. The van der Waals surface area contributed by atoms with Gasteiger partial charge >= 0.3 is 5.97 Å². The highest BCUT2D eigenvalue weighted by molar-refractivity contribution is 5.80. The first kappa shape index (κ1) is 22.2. The molecule has 1 unspecified atom stereocenters. The largest absolute Gasteiger partial charge is 0.463 e. The fourth-order valence-electron chi connectivity index (χ4n) is 3.34. The van der Waals surface area contributed by atoms with E-state index in [0.29, 0.717) is 17.4 Å². The molecule has 0 aliphatic rings. The maximum Gasteiger partial charge on any atom is 0.308 e. The SMILES string of the molecule is Cc1ccc(C(CC(=O)OC(C)C)NC(=O)CCn2ncc(=O)c3ccccc32)cc1. The van der Waals surface area contributed by atoms with Gasteiger partial charge in [0.25, 0.3) is 0 Å². The van der Waals surface area contributed by atoms with Crippen molar-refractivity contribution in [1.82, 2.24) is 15.1 Å². The second-order valence-electron chi connectivity index (χ2n) is 7.77. The van der Waals surface area contributed by atoms with Crippen LogP contribution in [-0.2, 0) is 20.9 Å². The third-order valence-electron chi connectivity index (χ3n) is 4.87. The lowest BCUT2D eigenvalue weighted by molar-refractivity contribution is -0.148. The predicted molar refractivity (Wildman–Crippen MR) is 119 cm³/mol. The van der Waals surface area contributed by atoms with Gasteiger partial charge in [-0.2, -0.15) is 5.10 Å². The Hall–Kier alpha value is -3.48. The number of ether oxygens (including phenoxy) is 1. The van der Waals surface area contributed by atoms with E-state index in [1.165, 1.54) is 6.20 Å². The molecule has 7 heteroatoms. The number of fused-ring (bicyclic) bond motifs is 1. The first-order valence-electron chi connectivity index (χ1n) is 10.3. The normalized spacial score (nSPS) is 12.0. The Morgan fingerprint density at radius 2 is 1.81 bits per heavy atom. The topological polar surface area (TPSA) is 90.3 Å². The molecule has 0 radical (unpaired) electrons. The van der Waals surface area contributed by atoms with Crippen molar-refractivity contribution >= 4 is 22.8 Å². The third-order valence-corrected chi connectivity index (χ3v) is 4.87. The van der Waals surface area contributed by atoms with Crippen LogP contribution in [0.3, 0.4) is 0 Å². The van der Waals surface area contributed by atoms with Crippen LogP contribution in [0.25, 0.3) is 10.9 Å². The van der Waals surface area contributed by atoms with E-state index in [0.717, 1.165) is 11.1 Å². The molecule has 162 valence electrons. The van der Waals surface area contributed by atoms with Gasteiger partial charge in [0.2, 0.25) is 11.3 Å². The van der Waals surface area contributed by atoms with Gasteiger partial charge in [-0.1, -0.05) is 42.0 Å². The van der Waals surface area contributed by atoms with Crippen molar-refractivity contribution < 1.29 is 14.3 Å². The molecule has 0 saturated carbocycles. The van der Waals surface area contributed by atoms with Crippen LogP contribution in [0.5, 0.6) is 0 Å². The van der Waals surface area contributed by atoms with Gasteiger partial charge in [-0.3, -0.25) is 19.1 Å². The van der Waals surface area contributed by atoms with Crippen LogP contribution in [0, 0.1) is 6.92 Å². The van der Waals surface area contributed by atoms with Crippen LogP contribution in [0.15, 0.2) is 59.5 Å². The molecule has 1 heterocycles. The monoisotopic (exact) mass is 421 g/mol. The lowest BCUT2D eigenvalue weighted by atomic mass is 10.0. The molecule has 3 rings (SSSR count). The number of carbonyl (C=O) groups excluding carboxylic acids is 2.